The molecule has 0 amide bonds. The first-order valence-electron chi connectivity index (χ1n) is 3.99. The summed E-state index contributed by atoms with van der Waals surface area (Å²) in [5.74, 6) is 0. The summed E-state index contributed by atoms with van der Waals surface area (Å²) in [6.07, 6.45) is 0. The number of hydrogen-bond donors (Lipinski definition) is 1. The first kappa shape index (κ1) is 10.5. The van der Waals surface area contributed by atoms with Gasteiger partial charge >= 0.3 is 0 Å². The van der Waals surface area contributed by atoms with Crippen molar-refractivity contribution in [1.82, 2.24) is 0 Å². The van der Waals surface area contributed by atoms with Crippen molar-refractivity contribution in [2.75, 3.05) is 0 Å². The molecule has 0 fully saturated rings. The second-order valence-electron chi connectivity index (χ2n) is 2.96. The highest BCUT2D eigenvalue weighted by atomic mass is 35.5. The first-order valence-corrected chi connectivity index (χ1v) is 4.80. The van der Waals surface area contributed by atoms with Gasteiger partial charge < -0.3 is 5.73 Å². The zero-order valence-electron chi connectivity index (χ0n) is 7.41. The van der Waals surface area contributed by atoms with Crippen LogP contribution in [-0.2, 0) is 6.54 Å². The van der Waals surface area contributed by atoms with E-state index in [1.165, 1.54) is 20.5 Å². The maximum atomic E-state index is 5.56. The average Bonchev–Trinajstić information content (AvgIpc) is 2.46. The lowest BCUT2D eigenvalue weighted by Crippen LogP contribution is -1.90. The molecular formula is C10H12ClNS. The Bertz CT molecular complexity index is 408. The lowest BCUT2D eigenvalue weighted by Gasteiger charge is -1.89. The van der Waals surface area contributed by atoms with Crippen molar-refractivity contribution in [1.29, 1.82) is 0 Å². The fourth-order valence-electron chi connectivity index (χ4n) is 1.32. The van der Waals surface area contributed by atoms with Crippen molar-refractivity contribution >= 4 is 33.8 Å². The summed E-state index contributed by atoms with van der Waals surface area (Å²) >= 11 is 1.78. The van der Waals surface area contributed by atoms with Crippen LogP contribution in [0.25, 0.3) is 10.1 Å². The molecule has 2 aromatic rings. The predicted molar refractivity (Wildman–Crippen MR) is 61.7 cm³/mol. The average molecular weight is 214 g/mol. The fourth-order valence-corrected chi connectivity index (χ4v) is 2.24. The number of halogens is 1. The molecule has 3 heteroatoms. The Morgan fingerprint density at radius 2 is 2.08 bits per heavy atom. The van der Waals surface area contributed by atoms with Crippen molar-refractivity contribution in [3.05, 3.63) is 34.7 Å². The van der Waals surface area contributed by atoms with Gasteiger partial charge in [-0.3, -0.25) is 0 Å². The minimum Gasteiger partial charge on any atom is -0.326 e. The molecule has 0 aliphatic heterocycles. The quantitative estimate of drug-likeness (QED) is 0.774. The zero-order chi connectivity index (χ0) is 8.55. The fraction of sp³-hybridized carbons (Fsp3) is 0.200. The van der Waals surface area contributed by atoms with E-state index < -0.39 is 0 Å². The number of nitrogens with two attached hydrogens (primary N) is 1. The monoisotopic (exact) mass is 213 g/mol. The molecule has 2 N–H and O–H groups in total. The van der Waals surface area contributed by atoms with E-state index in [4.69, 9.17) is 5.73 Å². The predicted octanol–water partition coefficient (Wildman–Crippen LogP) is 3.09. The van der Waals surface area contributed by atoms with Crippen molar-refractivity contribution in [3.8, 4) is 0 Å². The smallest absolute Gasteiger partial charge is 0.0346 e. The van der Waals surface area contributed by atoms with E-state index in [1.54, 1.807) is 11.3 Å². The molecule has 1 nitrogen and oxygen atoms in total. The summed E-state index contributed by atoms with van der Waals surface area (Å²) in [5.41, 5.74) is 6.87. The summed E-state index contributed by atoms with van der Waals surface area (Å²) < 4.78 is 1.33. The maximum Gasteiger partial charge on any atom is 0.0346 e. The van der Waals surface area contributed by atoms with Gasteiger partial charge in [0.05, 0.1) is 0 Å². The molecule has 0 aliphatic carbocycles. The summed E-state index contributed by atoms with van der Waals surface area (Å²) in [4.78, 5) is 1.26. The van der Waals surface area contributed by atoms with E-state index in [9.17, 15) is 0 Å². The van der Waals surface area contributed by atoms with Gasteiger partial charge in [0.2, 0.25) is 0 Å². The second kappa shape index (κ2) is 4.09. The van der Waals surface area contributed by atoms with Crippen LogP contribution in [0.15, 0.2) is 24.3 Å². The lowest BCUT2D eigenvalue weighted by atomic mass is 10.2. The summed E-state index contributed by atoms with van der Waals surface area (Å²) in [5, 5.41) is 1.32. The number of thiophene rings is 1. The van der Waals surface area contributed by atoms with Gasteiger partial charge in [-0.1, -0.05) is 17.7 Å². The first-order chi connectivity index (χ1) is 5.79. The Hall–Kier alpha value is -0.570. The van der Waals surface area contributed by atoms with Gasteiger partial charge in [-0.15, -0.1) is 23.7 Å². The minimum absolute atomic E-state index is 0. The molecular weight excluding hydrogens is 202 g/mol. The highest BCUT2D eigenvalue weighted by Gasteiger charge is 1.99. The van der Waals surface area contributed by atoms with Gasteiger partial charge in [-0.2, -0.15) is 0 Å². The minimum atomic E-state index is 0. The van der Waals surface area contributed by atoms with E-state index in [-0.39, 0.29) is 12.4 Å². The molecule has 2 rings (SSSR count). The number of aryl methyl sites for hydroxylation is 1. The maximum absolute atomic E-state index is 5.56. The van der Waals surface area contributed by atoms with Crippen molar-refractivity contribution in [3.63, 3.8) is 0 Å². The molecule has 1 heterocycles. The van der Waals surface area contributed by atoms with E-state index in [0.717, 1.165) is 0 Å². The van der Waals surface area contributed by atoms with Crippen LogP contribution in [0.5, 0.6) is 0 Å². The van der Waals surface area contributed by atoms with Crippen molar-refractivity contribution in [2.24, 2.45) is 5.73 Å². The number of rotatable bonds is 1. The molecule has 0 unspecified atom stereocenters. The zero-order valence-corrected chi connectivity index (χ0v) is 9.04. The molecule has 0 saturated heterocycles. The molecule has 70 valence electrons. The van der Waals surface area contributed by atoms with Crippen molar-refractivity contribution in [2.45, 2.75) is 13.5 Å². The van der Waals surface area contributed by atoms with Gasteiger partial charge in [0.25, 0.3) is 0 Å². The van der Waals surface area contributed by atoms with Crippen LogP contribution in [0.3, 0.4) is 0 Å². The molecule has 0 saturated carbocycles. The summed E-state index contributed by atoms with van der Waals surface area (Å²) in [7, 11) is 0. The third kappa shape index (κ3) is 2.02. The van der Waals surface area contributed by atoms with Crippen LogP contribution in [0, 0.1) is 6.92 Å². The molecule has 0 spiro atoms. The van der Waals surface area contributed by atoms with Gasteiger partial charge in [-0.25, -0.2) is 0 Å². The molecule has 0 atom stereocenters. The second-order valence-corrected chi connectivity index (χ2v) is 4.13. The van der Waals surface area contributed by atoms with Gasteiger partial charge in [0, 0.05) is 16.1 Å². The van der Waals surface area contributed by atoms with E-state index in [2.05, 4.69) is 31.2 Å². The summed E-state index contributed by atoms with van der Waals surface area (Å²) in [6.45, 7) is 2.76. The Balaban J connectivity index is 0.000000845. The topological polar surface area (TPSA) is 26.0 Å². The SMILES string of the molecule is Cc1ccc2sc(CN)cc2c1.Cl. The highest BCUT2D eigenvalue weighted by Crippen LogP contribution is 2.25. The normalized spacial score (nSPS) is 10.0. The van der Waals surface area contributed by atoms with Crippen LogP contribution in [0.2, 0.25) is 0 Å². The summed E-state index contributed by atoms with van der Waals surface area (Å²) in [6, 6.07) is 8.67. The lowest BCUT2D eigenvalue weighted by molar-refractivity contribution is 1.11. The molecule has 1 aromatic heterocycles. The van der Waals surface area contributed by atoms with Gasteiger partial charge in [0.1, 0.15) is 0 Å². The van der Waals surface area contributed by atoms with E-state index in [1.807, 2.05) is 0 Å². The third-order valence-corrected chi connectivity index (χ3v) is 3.06. The van der Waals surface area contributed by atoms with Crippen LogP contribution < -0.4 is 5.73 Å². The van der Waals surface area contributed by atoms with Crippen LogP contribution >= 0.6 is 23.7 Å². The molecule has 0 bridgehead atoms. The Kier molecular flexibility index (Phi) is 3.31. The van der Waals surface area contributed by atoms with Gasteiger partial charge in [-0.05, 0) is 24.4 Å². The highest BCUT2D eigenvalue weighted by molar-refractivity contribution is 7.19. The molecule has 0 radical (unpaired) electrons. The molecule has 0 aliphatic rings. The number of fused-ring (bicyclic) bond motifs is 1. The molecule has 13 heavy (non-hydrogen) atoms. The Morgan fingerprint density at radius 3 is 2.77 bits per heavy atom. The number of benzene rings is 1. The van der Waals surface area contributed by atoms with Gasteiger partial charge in [0.15, 0.2) is 0 Å². The molecule has 1 aromatic carbocycles. The third-order valence-electron chi connectivity index (χ3n) is 1.92. The number of hydrogen-bond acceptors (Lipinski definition) is 2. The van der Waals surface area contributed by atoms with E-state index in [0.29, 0.717) is 6.54 Å². The van der Waals surface area contributed by atoms with Crippen LogP contribution in [0.1, 0.15) is 10.4 Å². The van der Waals surface area contributed by atoms with E-state index >= 15 is 0 Å². The Labute approximate surface area is 88.0 Å². The standard InChI is InChI=1S/C10H11NS.ClH/c1-7-2-3-10-8(4-7)5-9(6-11)12-10;/h2-5H,6,11H2,1H3;1H. The van der Waals surface area contributed by atoms with Crippen molar-refractivity contribution < 1.29 is 0 Å². The largest absolute Gasteiger partial charge is 0.326 e. The van der Waals surface area contributed by atoms with Crippen LogP contribution in [-0.4, -0.2) is 0 Å². The Morgan fingerprint density at radius 1 is 1.31 bits per heavy atom. The van der Waals surface area contributed by atoms with Crippen LogP contribution in [0.4, 0.5) is 0 Å².